The highest BCUT2D eigenvalue weighted by Crippen LogP contribution is 2.13. The summed E-state index contributed by atoms with van der Waals surface area (Å²) in [7, 11) is 0. The predicted octanol–water partition coefficient (Wildman–Crippen LogP) is 2.51. The van der Waals surface area contributed by atoms with E-state index in [-0.39, 0.29) is 18.0 Å². The smallest absolute Gasteiger partial charge is 0.323 e. The lowest BCUT2D eigenvalue weighted by Gasteiger charge is -2.19. The highest BCUT2D eigenvalue weighted by Gasteiger charge is 2.22. The molecule has 0 aliphatic rings. The molecule has 1 aromatic heterocycles. The van der Waals surface area contributed by atoms with Gasteiger partial charge in [-0.1, -0.05) is 19.9 Å². The molecule has 0 radical (unpaired) electrons. The van der Waals surface area contributed by atoms with E-state index in [0.29, 0.717) is 17.8 Å². The van der Waals surface area contributed by atoms with Crippen LogP contribution in [-0.2, 0) is 4.79 Å². The van der Waals surface area contributed by atoms with Crippen LogP contribution in [0, 0.1) is 17.2 Å². The Morgan fingerprint density at radius 2 is 1.83 bits per heavy atom. The van der Waals surface area contributed by atoms with Gasteiger partial charge in [-0.05, 0) is 42.7 Å². The molecule has 4 N–H and O–H groups in total. The lowest BCUT2D eigenvalue weighted by Crippen LogP contribution is -2.47. The molecule has 30 heavy (non-hydrogen) atoms. The zero-order chi connectivity index (χ0) is 21.9. The molecule has 0 aliphatic heterocycles. The second-order valence-corrected chi connectivity index (χ2v) is 6.93. The minimum Gasteiger partial charge on any atom is -0.341 e. The molecular weight excluding hydrogens is 384 g/mol. The maximum Gasteiger partial charge on any atom is 0.323 e. The number of anilines is 2. The number of urea groups is 1. The Hall–Kier alpha value is -3.93. The van der Waals surface area contributed by atoms with Crippen molar-refractivity contribution in [2.45, 2.75) is 26.3 Å². The molecule has 9 nitrogen and oxygen atoms in total. The molecule has 2 rings (SSSR count). The fourth-order valence-electron chi connectivity index (χ4n) is 2.66. The standard InChI is InChI=1S/C21H24N6O3/c1-14(2)11-18(20(29)24-10-8-22)27-19(28)15-5-3-6-16(12-15)25-21(30)26-17-7-4-9-23-13-17/h3-7,9,12-14,18H,10-11H2,1-2H3,(H,24,29)(H,27,28)(H2,25,26,30). The lowest BCUT2D eigenvalue weighted by atomic mass is 10.0. The lowest BCUT2D eigenvalue weighted by molar-refractivity contribution is -0.123. The van der Waals surface area contributed by atoms with E-state index in [0.717, 1.165) is 0 Å². The van der Waals surface area contributed by atoms with Gasteiger partial charge in [-0.15, -0.1) is 0 Å². The molecule has 1 aromatic carbocycles. The Morgan fingerprint density at radius 1 is 1.10 bits per heavy atom. The third-order valence-corrected chi connectivity index (χ3v) is 3.97. The number of amides is 4. The number of aromatic nitrogens is 1. The summed E-state index contributed by atoms with van der Waals surface area (Å²) >= 11 is 0. The molecule has 156 valence electrons. The van der Waals surface area contributed by atoms with Crippen molar-refractivity contribution in [2.24, 2.45) is 5.92 Å². The maximum absolute atomic E-state index is 12.7. The largest absolute Gasteiger partial charge is 0.341 e. The van der Waals surface area contributed by atoms with Crippen LogP contribution in [0.3, 0.4) is 0 Å². The summed E-state index contributed by atoms with van der Waals surface area (Å²) in [4.78, 5) is 40.9. The quantitative estimate of drug-likeness (QED) is 0.498. The van der Waals surface area contributed by atoms with Crippen LogP contribution in [0.1, 0.15) is 30.6 Å². The van der Waals surface area contributed by atoms with Gasteiger partial charge >= 0.3 is 6.03 Å². The Balaban J connectivity index is 2.03. The van der Waals surface area contributed by atoms with E-state index in [4.69, 9.17) is 5.26 Å². The monoisotopic (exact) mass is 408 g/mol. The number of nitriles is 1. The number of nitrogens with one attached hydrogen (secondary N) is 4. The highest BCUT2D eigenvalue weighted by molar-refractivity contribution is 6.02. The minimum atomic E-state index is -0.767. The minimum absolute atomic E-state index is 0.130. The van der Waals surface area contributed by atoms with Gasteiger partial charge < -0.3 is 21.3 Å². The summed E-state index contributed by atoms with van der Waals surface area (Å²) in [5, 5.41) is 19.1. The van der Waals surface area contributed by atoms with E-state index in [9.17, 15) is 14.4 Å². The molecule has 1 heterocycles. The van der Waals surface area contributed by atoms with Gasteiger partial charge in [-0.25, -0.2) is 4.79 Å². The molecule has 1 atom stereocenters. The summed E-state index contributed by atoms with van der Waals surface area (Å²) in [6.07, 6.45) is 3.53. The Bertz CT molecular complexity index is 924. The highest BCUT2D eigenvalue weighted by atomic mass is 16.2. The van der Waals surface area contributed by atoms with E-state index >= 15 is 0 Å². The molecule has 1 unspecified atom stereocenters. The van der Waals surface area contributed by atoms with E-state index in [1.165, 1.54) is 12.3 Å². The van der Waals surface area contributed by atoms with Crippen molar-refractivity contribution in [3.63, 3.8) is 0 Å². The summed E-state index contributed by atoms with van der Waals surface area (Å²) in [6, 6.07) is 10.4. The van der Waals surface area contributed by atoms with Gasteiger partial charge in [0, 0.05) is 17.4 Å². The first kappa shape index (κ1) is 22.4. The zero-order valence-corrected chi connectivity index (χ0v) is 16.8. The number of pyridine rings is 1. The van der Waals surface area contributed by atoms with Crippen molar-refractivity contribution >= 4 is 29.2 Å². The van der Waals surface area contributed by atoms with E-state index < -0.39 is 23.9 Å². The fraction of sp³-hybridized carbons (Fsp3) is 0.286. The molecule has 9 heteroatoms. The third-order valence-electron chi connectivity index (χ3n) is 3.97. The molecule has 0 aliphatic carbocycles. The van der Waals surface area contributed by atoms with Crippen molar-refractivity contribution in [3.8, 4) is 6.07 Å². The first-order valence-electron chi connectivity index (χ1n) is 9.42. The van der Waals surface area contributed by atoms with Gasteiger partial charge in [0.05, 0.1) is 18.0 Å². The third kappa shape index (κ3) is 7.24. The van der Waals surface area contributed by atoms with E-state index in [1.807, 2.05) is 19.9 Å². The SMILES string of the molecule is CC(C)CC(NC(=O)c1cccc(NC(=O)Nc2cccnc2)c1)C(=O)NCC#N. The van der Waals surface area contributed by atoms with Crippen molar-refractivity contribution in [1.82, 2.24) is 15.6 Å². The van der Waals surface area contributed by atoms with E-state index in [2.05, 4.69) is 26.3 Å². The Kier molecular flexibility index (Phi) is 8.32. The van der Waals surface area contributed by atoms with Crippen LogP contribution in [0.5, 0.6) is 0 Å². The maximum atomic E-state index is 12.7. The molecule has 4 amide bonds. The van der Waals surface area contributed by atoms with Crippen LogP contribution in [0.15, 0.2) is 48.8 Å². The number of carbonyl (C=O) groups is 3. The predicted molar refractivity (Wildman–Crippen MR) is 113 cm³/mol. The average molecular weight is 408 g/mol. The van der Waals surface area contributed by atoms with Gasteiger partial charge in [-0.3, -0.25) is 14.6 Å². The second kappa shape index (κ2) is 11.2. The van der Waals surface area contributed by atoms with Crippen LogP contribution in [0.2, 0.25) is 0 Å². The van der Waals surface area contributed by atoms with Crippen LogP contribution in [0.4, 0.5) is 16.2 Å². The molecular formula is C21H24N6O3. The van der Waals surface area contributed by atoms with E-state index in [1.54, 1.807) is 36.5 Å². The average Bonchev–Trinajstić information content (AvgIpc) is 2.72. The van der Waals surface area contributed by atoms with Gasteiger partial charge in [0.25, 0.3) is 5.91 Å². The van der Waals surface area contributed by atoms with Crippen molar-refractivity contribution < 1.29 is 14.4 Å². The number of hydrogen-bond acceptors (Lipinski definition) is 5. The van der Waals surface area contributed by atoms with Gasteiger partial charge in [-0.2, -0.15) is 5.26 Å². The topological polar surface area (TPSA) is 136 Å². The Labute approximate surface area is 174 Å². The number of hydrogen-bond donors (Lipinski definition) is 4. The number of rotatable bonds is 8. The van der Waals surface area contributed by atoms with Crippen molar-refractivity contribution in [2.75, 3.05) is 17.2 Å². The number of carbonyl (C=O) groups excluding carboxylic acids is 3. The summed E-state index contributed by atoms with van der Waals surface area (Å²) in [6.45, 7) is 3.74. The van der Waals surface area contributed by atoms with Crippen LogP contribution >= 0.6 is 0 Å². The van der Waals surface area contributed by atoms with Crippen LogP contribution in [0.25, 0.3) is 0 Å². The second-order valence-electron chi connectivity index (χ2n) is 6.93. The summed E-state index contributed by atoms with van der Waals surface area (Å²) in [5.74, 6) is -0.708. The molecule has 2 aromatic rings. The van der Waals surface area contributed by atoms with Gasteiger partial charge in [0.1, 0.15) is 12.6 Å². The normalized spacial score (nSPS) is 11.1. The van der Waals surface area contributed by atoms with Crippen LogP contribution in [-0.4, -0.2) is 35.4 Å². The molecule has 0 saturated carbocycles. The Morgan fingerprint density at radius 3 is 2.50 bits per heavy atom. The van der Waals surface area contributed by atoms with Crippen molar-refractivity contribution in [3.05, 3.63) is 54.4 Å². The molecule has 0 spiro atoms. The van der Waals surface area contributed by atoms with Crippen molar-refractivity contribution in [1.29, 1.82) is 5.26 Å². The van der Waals surface area contributed by atoms with Gasteiger partial charge in [0.2, 0.25) is 5.91 Å². The molecule has 0 bridgehead atoms. The molecule has 0 fully saturated rings. The fourth-order valence-corrected chi connectivity index (χ4v) is 2.66. The zero-order valence-electron chi connectivity index (χ0n) is 16.8. The van der Waals surface area contributed by atoms with Crippen LogP contribution < -0.4 is 21.3 Å². The number of nitrogens with zero attached hydrogens (tertiary/aromatic N) is 2. The number of benzene rings is 1. The molecule has 0 saturated heterocycles. The summed E-state index contributed by atoms with van der Waals surface area (Å²) < 4.78 is 0. The first-order chi connectivity index (χ1) is 14.4. The first-order valence-corrected chi connectivity index (χ1v) is 9.42. The van der Waals surface area contributed by atoms with Gasteiger partial charge in [0.15, 0.2) is 0 Å². The summed E-state index contributed by atoms with van der Waals surface area (Å²) in [5.41, 5.74) is 1.23.